The minimum absolute atomic E-state index is 0.0201. The third-order valence-electron chi connectivity index (χ3n) is 5.03. The zero-order valence-corrected chi connectivity index (χ0v) is 19.5. The second-order valence-electron chi connectivity index (χ2n) is 8.24. The van der Waals surface area contributed by atoms with E-state index in [-0.39, 0.29) is 22.4 Å². The maximum atomic E-state index is 13.3. The standard InChI is InChI=1S/C23H27N3O6S/c1-15(2)13-24-23(29)25-21(27)14-32-22(28)18-8-6-9-19(12-18)33(30,31)26-16(3)11-17-7-4-5-10-20(17)26/h4-10,12,15-16H,11,13-14H2,1-3H3,(H2,24,25,27,29). The minimum atomic E-state index is -3.92. The van der Waals surface area contributed by atoms with Crippen LogP contribution in [0.15, 0.2) is 53.4 Å². The van der Waals surface area contributed by atoms with E-state index in [2.05, 4.69) is 10.6 Å². The van der Waals surface area contributed by atoms with E-state index in [9.17, 15) is 22.8 Å². The number of carbonyl (C=O) groups excluding carboxylic acids is 3. The van der Waals surface area contributed by atoms with Gasteiger partial charge in [0, 0.05) is 12.6 Å². The van der Waals surface area contributed by atoms with Gasteiger partial charge in [-0.05, 0) is 49.1 Å². The molecular weight excluding hydrogens is 446 g/mol. The molecule has 10 heteroatoms. The third kappa shape index (κ3) is 5.70. The van der Waals surface area contributed by atoms with Crippen LogP contribution >= 0.6 is 0 Å². The number of anilines is 1. The molecule has 0 radical (unpaired) electrons. The smallest absolute Gasteiger partial charge is 0.338 e. The summed E-state index contributed by atoms with van der Waals surface area (Å²) in [5.41, 5.74) is 1.53. The summed E-state index contributed by atoms with van der Waals surface area (Å²) < 4.78 is 33.0. The summed E-state index contributed by atoms with van der Waals surface area (Å²) in [6.07, 6.45) is 0.594. The molecular formula is C23H27N3O6S. The largest absolute Gasteiger partial charge is 0.452 e. The molecule has 1 unspecified atom stereocenters. The van der Waals surface area contributed by atoms with Gasteiger partial charge >= 0.3 is 12.0 Å². The Morgan fingerprint density at radius 1 is 1.12 bits per heavy atom. The van der Waals surface area contributed by atoms with Crippen molar-refractivity contribution in [3.8, 4) is 0 Å². The molecule has 9 nitrogen and oxygen atoms in total. The van der Waals surface area contributed by atoms with Crippen LogP contribution in [0.25, 0.3) is 0 Å². The topological polar surface area (TPSA) is 122 Å². The molecule has 1 atom stereocenters. The number of benzene rings is 2. The first-order valence-electron chi connectivity index (χ1n) is 10.6. The Morgan fingerprint density at radius 2 is 1.85 bits per heavy atom. The Morgan fingerprint density at radius 3 is 2.58 bits per heavy atom. The van der Waals surface area contributed by atoms with Crippen molar-refractivity contribution in [1.82, 2.24) is 10.6 Å². The molecule has 3 rings (SSSR count). The number of hydrogen-bond donors (Lipinski definition) is 2. The van der Waals surface area contributed by atoms with E-state index in [4.69, 9.17) is 4.74 Å². The van der Waals surface area contributed by atoms with Gasteiger partial charge in [-0.25, -0.2) is 18.0 Å². The molecule has 0 fully saturated rings. The lowest BCUT2D eigenvalue weighted by Crippen LogP contribution is -2.42. The Hall–Kier alpha value is -3.40. The molecule has 176 valence electrons. The summed E-state index contributed by atoms with van der Waals surface area (Å²) in [7, 11) is -3.92. The molecule has 0 spiro atoms. The van der Waals surface area contributed by atoms with Gasteiger partial charge in [-0.3, -0.25) is 14.4 Å². The number of rotatable bonds is 7. The Bertz CT molecular complexity index is 1160. The van der Waals surface area contributed by atoms with E-state index < -0.39 is 34.5 Å². The third-order valence-corrected chi connectivity index (χ3v) is 6.95. The second-order valence-corrected chi connectivity index (χ2v) is 10.1. The monoisotopic (exact) mass is 473 g/mol. The van der Waals surface area contributed by atoms with Crippen molar-refractivity contribution >= 4 is 33.6 Å². The van der Waals surface area contributed by atoms with Crippen molar-refractivity contribution in [3.63, 3.8) is 0 Å². The van der Waals surface area contributed by atoms with Crippen LogP contribution in [0.4, 0.5) is 10.5 Å². The van der Waals surface area contributed by atoms with Gasteiger partial charge in [0.1, 0.15) is 0 Å². The highest BCUT2D eigenvalue weighted by atomic mass is 32.2. The number of sulfonamides is 1. The van der Waals surface area contributed by atoms with E-state index in [1.54, 1.807) is 12.1 Å². The molecule has 0 bridgehead atoms. The van der Waals surface area contributed by atoms with Crippen molar-refractivity contribution < 1.29 is 27.5 Å². The molecule has 1 aliphatic heterocycles. The van der Waals surface area contributed by atoms with E-state index in [1.807, 2.05) is 32.9 Å². The fraction of sp³-hybridized carbons (Fsp3) is 0.348. The first-order chi connectivity index (χ1) is 15.6. The van der Waals surface area contributed by atoms with Crippen LogP contribution in [0, 0.1) is 5.92 Å². The molecule has 1 aliphatic rings. The van der Waals surface area contributed by atoms with E-state index in [1.165, 1.54) is 28.6 Å². The quantitative estimate of drug-likeness (QED) is 0.596. The summed E-state index contributed by atoms with van der Waals surface area (Å²) in [4.78, 5) is 35.8. The van der Waals surface area contributed by atoms with Gasteiger partial charge < -0.3 is 10.1 Å². The molecule has 2 N–H and O–H groups in total. The lowest BCUT2D eigenvalue weighted by atomic mass is 10.1. The van der Waals surface area contributed by atoms with Gasteiger partial charge in [-0.1, -0.05) is 38.1 Å². The average molecular weight is 474 g/mol. The van der Waals surface area contributed by atoms with Crippen molar-refractivity contribution in [2.45, 2.75) is 38.1 Å². The molecule has 0 saturated heterocycles. The maximum absolute atomic E-state index is 13.3. The summed E-state index contributed by atoms with van der Waals surface area (Å²) in [6.45, 7) is 5.34. The SMILES string of the molecule is CC(C)CNC(=O)NC(=O)COC(=O)c1cccc(S(=O)(=O)N2c3ccccc3CC2C)c1. The van der Waals surface area contributed by atoms with Crippen LogP contribution in [0.5, 0.6) is 0 Å². The fourth-order valence-electron chi connectivity index (χ4n) is 3.52. The predicted molar refractivity (Wildman–Crippen MR) is 122 cm³/mol. The molecule has 0 aliphatic carbocycles. The predicted octanol–water partition coefficient (Wildman–Crippen LogP) is 2.47. The Balaban J connectivity index is 1.67. The highest BCUT2D eigenvalue weighted by molar-refractivity contribution is 7.92. The van der Waals surface area contributed by atoms with Gasteiger partial charge in [0.15, 0.2) is 6.61 Å². The number of urea groups is 1. The number of nitrogens with one attached hydrogen (secondary N) is 2. The van der Waals surface area contributed by atoms with Crippen molar-refractivity contribution in [2.24, 2.45) is 5.92 Å². The van der Waals surface area contributed by atoms with Crippen molar-refractivity contribution in [1.29, 1.82) is 0 Å². The lowest BCUT2D eigenvalue weighted by molar-refractivity contribution is -0.123. The average Bonchev–Trinajstić information content (AvgIpc) is 3.12. The number of ether oxygens (including phenoxy) is 1. The number of esters is 1. The number of carbonyl (C=O) groups is 3. The van der Waals surface area contributed by atoms with Crippen molar-refractivity contribution in [2.75, 3.05) is 17.5 Å². The van der Waals surface area contributed by atoms with Gasteiger partial charge in [0.2, 0.25) is 0 Å². The lowest BCUT2D eigenvalue weighted by Gasteiger charge is -2.24. The van der Waals surface area contributed by atoms with Crippen LogP contribution in [0.1, 0.15) is 36.7 Å². The fourth-order valence-corrected chi connectivity index (χ4v) is 5.26. The first kappa shape index (κ1) is 24.2. The van der Waals surface area contributed by atoms with Gasteiger partial charge in [-0.15, -0.1) is 0 Å². The van der Waals surface area contributed by atoms with Crippen LogP contribution in [0.3, 0.4) is 0 Å². The second kappa shape index (κ2) is 10.0. The summed E-state index contributed by atoms with van der Waals surface area (Å²) in [5.74, 6) is -1.46. The number of amides is 3. The van der Waals surface area contributed by atoms with E-state index in [0.29, 0.717) is 18.7 Å². The summed E-state index contributed by atoms with van der Waals surface area (Å²) in [6, 6.07) is 11.8. The number of fused-ring (bicyclic) bond motifs is 1. The van der Waals surface area contributed by atoms with E-state index >= 15 is 0 Å². The zero-order chi connectivity index (χ0) is 24.2. The molecule has 0 saturated carbocycles. The van der Waals surface area contributed by atoms with Crippen LogP contribution in [-0.4, -0.2) is 45.5 Å². The van der Waals surface area contributed by atoms with Crippen LogP contribution in [0.2, 0.25) is 0 Å². The molecule has 2 aromatic carbocycles. The number of nitrogens with zero attached hydrogens (tertiary/aromatic N) is 1. The summed E-state index contributed by atoms with van der Waals surface area (Å²) >= 11 is 0. The first-order valence-corrected chi connectivity index (χ1v) is 12.0. The minimum Gasteiger partial charge on any atom is -0.452 e. The molecule has 2 aromatic rings. The molecule has 3 amide bonds. The van der Waals surface area contributed by atoms with Crippen LogP contribution < -0.4 is 14.9 Å². The highest BCUT2D eigenvalue weighted by Crippen LogP contribution is 2.36. The highest BCUT2D eigenvalue weighted by Gasteiger charge is 2.36. The van der Waals surface area contributed by atoms with E-state index in [0.717, 1.165) is 5.56 Å². The number of hydrogen-bond acceptors (Lipinski definition) is 6. The Kier molecular flexibility index (Phi) is 7.37. The molecule has 1 heterocycles. The van der Waals surface area contributed by atoms with Gasteiger partial charge in [0.25, 0.3) is 15.9 Å². The summed E-state index contributed by atoms with van der Waals surface area (Å²) in [5, 5.41) is 4.57. The number of imide groups is 1. The normalized spacial score (nSPS) is 15.2. The zero-order valence-electron chi connectivity index (χ0n) is 18.7. The van der Waals surface area contributed by atoms with Gasteiger partial charge in [0.05, 0.1) is 16.1 Å². The van der Waals surface area contributed by atoms with Gasteiger partial charge in [-0.2, -0.15) is 0 Å². The molecule has 33 heavy (non-hydrogen) atoms. The Labute approximate surface area is 193 Å². The van der Waals surface area contributed by atoms with Crippen molar-refractivity contribution in [3.05, 3.63) is 59.7 Å². The molecule has 0 aromatic heterocycles. The maximum Gasteiger partial charge on any atom is 0.338 e. The van der Waals surface area contributed by atoms with Crippen LogP contribution in [-0.2, 0) is 26.0 Å². The number of para-hydroxylation sites is 1.